The molecule has 0 aromatic carbocycles. The van der Waals surface area contributed by atoms with E-state index in [9.17, 15) is 0 Å². The van der Waals surface area contributed by atoms with E-state index >= 15 is 0 Å². The number of hydrogen-bond acceptors (Lipinski definition) is 3. The van der Waals surface area contributed by atoms with Gasteiger partial charge in [-0.25, -0.2) is 4.98 Å². The second-order valence-corrected chi connectivity index (χ2v) is 4.69. The molecule has 2 aromatic rings. The van der Waals surface area contributed by atoms with Crippen molar-refractivity contribution in [3.8, 4) is 0 Å². The first kappa shape index (κ1) is 11.4. The van der Waals surface area contributed by atoms with Gasteiger partial charge in [0, 0.05) is 25.7 Å². The average Bonchev–Trinajstić information content (AvgIpc) is 2.82. The fourth-order valence-corrected chi connectivity index (χ4v) is 2.32. The van der Waals surface area contributed by atoms with Gasteiger partial charge in [0.1, 0.15) is 5.82 Å². The summed E-state index contributed by atoms with van der Waals surface area (Å²) >= 11 is 7.52. The van der Waals surface area contributed by atoms with E-state index in [4.69, 9.17) is 11.6 Å². The quantitative estimate of drug-likeness (QED) is 0.774. The van der Waals surface area contributed by atoms with Crippen molar-refractivity contribution in [2.45, 2.75) is 12.4 Å². The van der Waals surface area contributed by atoms with Crippen LogP contribution in [0.5, 0.6) is 0 Å². The molecule has 0 fully saturated rings. The van der Waals surface area contributed by atoms with Crippen LogP contribution in [-0.4, -0.2) is 12.0 Å². The van der Waals surface area contributed by atoms with E-state index in [2.05, 4.69) is 26.7 Å². The summed E-state index contributed by atoms with van der Waals surface area (Å²) in [7, 11) is 2.04. The van der Waals surface area contributed by atoms with Gasteiger partial charge in [-0.3, -0.25) is 0 Å². The van der Waals surface area contributed by atoms with Crippen molar-refractivity contribution in [1.82, 2.24) is 4.98 Å². The van der Waals surface area contributed by atoms with Gasteiger partial charge in [-0.15, -0.1) is 11.6 Å². The molecule has 2 aromatic heterocycles. The van der Waals surface area contributed by atoms with Gasteiger partial charge in [-0.1, -0.05) is 0 Å². The number of aromatic nitrogens is 1. The lowest BCUT2D eigenvalue weighted by atomic mass is 10.2. The average molecular weight is 253 g/mol. The number of thiophene rings is 1. The second kappa shape index (κ2) is 5.32. The molecule has 0 aliphatic rings. The standard InChI is InChI=1S/C12H13ClN2S/c1-15(8-11-3-5-16-9-11)12-6-10(7-13)2-4-14-12/h2-6,9H,7-8H2,1H3. The molecule has 0 aliphatic carbocycles. The third-order valence-electron chi connectivity index (χ3n) is 2.36. The van der Waals surface area contributed by atoms with Crippen molar-refractivity contribution in [3.05, 3.63) is 46.3 Å². The summed E-state index contributed by atoms with van der Waals surface area (Å²) in [6.45, 7) is 0.877. The van der Waals surface area contributed by atoms with E-state index in [-0.39, 0.29) is 0 Å². The maximum atomic E-state index is 5.80. The highest BCUT2D eigenvalue weighted by Gasteiger charge is 2.04. The zero-order valence-corrected chi connectivity index (χ0v) is 10.6. The van der Waals surface area contributed by atoms with E-state index in [1.165, 1.54) is 5.56 Å². The Labute approximate surface area is 105 Å². The third kappa shape index (κ3) is 2.74. The molecule has 84 valence electrons. The summed E-state index contributed by atoms with van der Waals surface area (Å²) in [5.41, 5.74) is 2.41. The van der Waals surface area contributed by atoms with Crippen LogP contribution in [0.2, 0.25) is 0 Å². The van der Waals surface area contributed by atoms with Crippen LogP contribution >= 0.6 is 22.9 Å². The Hall–Kier alpha value is -1.06. The molecule has 0 unspecified atom stereocenters. The van der Waals surface area contributed by atoms with Crippen molar-refractivity contribution >= 4 is 28.8 Å². The molecule has 2 nitrogen and oxygen atoms in total. The van der Waals surface area contributed by atoms with Crippen molar-refractivity contribution in [3.63, 3.8) is 0 Å². The molecule has 0 saturated carbocycles. The maximum Gasteiger partial charge on any atom is 0.128 e. The fraction of sp³-hybridized carbons (Fsp3) is 0.250. The van der Waals surface area contributed by atoms with Crippen LogP contribution in [0, 0.1) is 0 Å². The van der Waals surface area contributed by atoms with E-state index in [0.717, 1.165) is 17.9 Å². The van der Waals surface area contributed by atoms with Crippen molar-refractivity contribution in [2.24, 2.45) is 0 Å². The number of pyridine rings is 1. The Morgan fingerprint density at radius 2 is 2.25 bits per heavy atom. The first-order valence-corrected chi connectivity index (χ1v) is 6.50. The van der Waals surface area contributed by atoms with Gasteiger partial charge in [-0.2, -0.15) is 11.3 Å². The number of hydrogen-bond donors (Lipinski definition) is 0. The lowest BCUT2D eigenvalue weighted by Gasteiger charge is -2.17. The smallest absolute Gasteiger partial charge is 0.128 e. The summed E-state index contributed by atoms with van der Waals surface area (Å²) < 4.78 is 0. The van der Waals surface area contributed by atoms with E-state index < -0.39 is 0 Å². The topological polar surface area (TPSA) is 16.1 Å². The summed E-state index contributed by atoms with van der Waals surface area (Å²) in [6.07, 6.45) is 1.80. The Kier molecular flexibility index (Phi) is 3.80. The highest BCUT2D eigenvalue weighted by Crippen LogP contribution is 2.16. The summed E-state index contributed by atoms with van der Waals surface area (Å²) in [6, 6.07) is 6.10. The molecule has 4 heteroatoms. The molecule has 0 amide bonds. The number of alkyl halides is 1. The molecule has 0 spiro atoms. The number of anilines is 1. The van der Waals surface area contributed by atoms with Crippen LogP contribution < -0.4 is 4.90 Å². The molecule has 2 heterocycles. The monoisotopic (exact) mass is 252 g/mol. The van der Waals surface area contributed by atoms with Crippen LogP contribution in [0.1, 0.15) is 11.1 Å². The number of halogens is 1. The second-order valence-electron chi connectivity index (χ2n) is 3.64. The molecular weight excluding hydrogens is 240 g/mol. The van der Waals surface area contributed by atoms with Crippen molar-refractivity contribution < 1.29 is 0 Å². The minimum atomic E-state index is 0.530. The minimum Gasteiger partial charge on any atom is -0.355 e. The van der Waals surface area contributed by atoms with Gasteiger partial charge < -0.3 is 4.90 Å². The first-order valence-electron chi connectivity index (χ1n) is 5.02. The van der Waals surface area contributed by atoms with E-state index in [1.807, 2.05) is 19.2 Å². The van der Waals surface area contributed by atoms with Crippen molar-refractivity contribution in [1.29, 1.82) is 0 Å². The lowest BCUT2D eigenvalue weighted by molar-refractivity contribution is 0.899. The van der Waals surface area contributed by atoms with Gasteiger partial charge in [0.15, 0.2) is 0 Å². The molecule has 0 radical (unpaired) electrons. The van der Waals surface area contributed by atoms with Gasteiger partial charge in [0.2, 0.25) is 0 Å². The van der Waals surface area contributed by atoms with Crippen LogP contribution in [-0.2, 0) is 12.4 Å². The van der Waals surface area contributed by atoms with Crippen LogP contribution in [0.15, 0.2) is 35.2 Å². The molecule has 2 rings (SSSR count). The van der Waals surface area contributed by atoms with Gasteiger partial charge >= 0.3 is 0 Å². The van der Waals surface area contributed by atoms with Crippen LogP contribution in [0.3, 0.4) is 0 Å². The summed E-state index contributed by atoms with van der Waals surface area (Å²) in [5.74, 6) is 1.49. The van der Waals surface area contributed by atoms with Gasteiger partial charge in [-0.05, 0) is 40.1 Å². The third-order valence-corrected chi connectivity index (χ3v) is 3.40. The number of rotatable bonds is 4. The van der Waals surface area contributed by atoms with Crippen molar-refractivity contribution in [2.75, 3.05) is 11.9 Å². The Morgan fingerprint density at radius 1 is 1.38 bits per heavy atom. The molecular formula is C12H13ClN2S. The van der Waals surface area contributed by atoms with E-state index in [1.54, 1.807) is 17.5 Å². The molecule has 0 atom stereocenters. The van der Waals surface area contributed by atoms with Gasteiger partial charge in [0.25, 0.3) is 0 Å². The zero-order chi connectivity index (χ0) is 11.4. The highest BCUT2D eigenvalue weighted by molar-refractivity contribution is 7.07. The zero-order valence-electron chi connectivity index (χ0n) is 9.06. The van der Waals surface area contributed by atoms with Crippen LogP contribution in [0.4, 0.5) is 5.82 Å². The lowest BCUT2D eigenvalue weighted by Crippen LogP contribution is -2.17. The van der Waals surface area contributed by atoms with Gasteiger partial charge in [0.05, 0.1) is 0 Å². The Bertz CT molecular complexity index is 442. The first-order chi connectivity index (χ1) is 7.79. The minimum absolute atomic E-state index is 0.530. The predicted octanol–water partition coefficient (Wildman–Crippen LogP) is 3.52. The normalized spacial score (nSPS) is 10.4. The summed E-state index contributed by atoms with van der Waals surface area (Å²) in [4.78, 5) is 6.46. The molecule has 0 N–H and O–H groups in total. The SMILES string of the molecule is CN(Cc1ccsc1)c1cc(CCl)ccn1. The molecule has 0 bridgehead atoms. The molecule has 0 saturated heterocycles. The Balaban J connectivity index is 2.11. The maximum absolute atomic E-state index is 5.80. The molecule has 0 aliphatic heterocycles. The van der Waals surface area contributed by atoms with Crippen LogP contribution in [0.25, 0.3) is 0 Å². The van der Waals surface area contributed by atoms with E-state index in [0.29, 0.717) is 5.88 Å². The Morgan fingerprint density at radius 3 is 2.94 bits per heavy atom. The highest BCUT2D eigenvalue weighted by atomic mass is 35.5. The largest absolute Gasteiger partial charge is 0.355 e. The number of nitrogens with zero attached hydrogens (tertiary/aromatic N) is 2. The summed E-state index contributed by atoms with van der Waals surface area (Å²) in [5, 5.41) is 4.24. The predicted molar refractivity (Wildman–Crippen MR) is 70.2 cm³/mol. The fourth-order valence-electron chi connectivity index (χ4n) is 1.49. The molecule has 16 heavy (non-hydrogen) atoms.